The van der Waals surface area contributed by atoms with Gasteiger partial charge in [-0.15, -0.1) is 0 Å². The van der Waals surface area contributed by atoms with Gasteiger partial charge in [0.05, 0.1) is 0 Å². The molecule has 16 heavy (non-hydrogen) atoms. The van der Waals surface area contributed by atoms with Crippen LogP contribution in [0, 0.1) is 5.92 Å². The van der Waals surface area contributed by atoms with Crippen LogP contribution in [0.2, 0.25) is 0 Å². The molecule has 0 bridgehead atoms. The minimum absolute atomic E-state index is 0.315. The second-order valence-electron chi connectivity index (χ2n) is 4.38. The van der Waals surface area contributed by atoms with E-state index in [-0.39, 0.29) is 0 Å². The third-order valence-corrected chi connectivity index (χ3v) is 3.17. The van der Waals surface area contributed by atoms with E-state index < -0.39 is 11.2 Å². The van der Waals surface area contributed by atoms with E-state index in [4.69, 9.17) is 0 Å². The molecule has 0 saturated heterocycles. The van der Waals surface area contributed by atoms with Crippen molar-refractivity contribution < 1.29 is 0 Å². The molecule has 0 amide bonds. The summed E-state index contributed by atoms with van der Waals surface area (Å²) in [4.78, 5) is 34.5. The van der Waals surface area contributed by atoms with Gasteiger partial charge in [0.2, 0.25) is 0 Å². The fourth-order valence-corrected chi connectivity index (χ4v) is 1.99. The Morgan fingerprint density at radius 1 is 1.25 bits per heavy atom. The highest BCUT2D eigenvalue weighted by Gasteiger charge is 2.31. The number of aromatic nitrogens is 4. The number of rotatable bonds is 2. The van der Waals surface area contributed by atoms with Crippen molar-refractivity contribution >= 4 is 11.2 Å². The molecule has 0 aromatic carbocycles. The third kappa shape index (κ3) is 1.37. The fraction of sp³-hybridized carbons (Fsp3) is 0.500. The summed E-state index contributed by atoms with van der Waals surface area (Å²) in [5.74, 6) is 1.76. The molecule has 1 aliphatic rings. The van der Waals surface area contributed by atoms with Crippen molar-refractivity contribution in [3.63, 3.8) is 0 Å². The van der Waals surface area contributed by atoms with Crippen LogP contribution in [0.5, 0.6) is 0 Å². The molecule has 1 saturated carbocycles. The molecule has 2 heterocycles. The van der Waals surface area contributed by atoms with Gasteiger partial charge >= 0.3 is 5.69 Å². The van der Waals surface area contributed by atoms with Crippen LogP contribution < -0.4 is 11.2 Å². The van der Waals surface area contributed by atoms with Crippen LogP contribution in [-0.4, -0.2) is 19.9 Å². The van der Waals surface area contributed by atoms with Crippen LogP contribution >= 0.6 is 0 Å². The summed E-state index contributed by atoms with van der Waals surface area (Å²) >= 11 is 0. The molecule has 1 atom stereocenters. The van der Waals surface area contributed by atoms with Gasteiger partial charge in [0.15, 0.2) is 5.65 Å². The standard InChI is InChI=1S/C10H12N4O2/c1-4(5-2-3-5)7-11-6-8(12-7)13-10(16)14-9(6)15/h4-5H,2-3H2,1H3,(H3,11,12,13,14,15,16). The van der Waals surface area contributed by atoms with E-state index in [1.807, 2.05) is 0 Å². The Kier molecular flexibility index (Phi) is 1.80. The maximum Gasteiger partial charge on any atom is 0.327 e. The van der Waals surface area contributed by atoms with Gasteiger partial charge in [0.1, 0.15) is 11.3 Å². The van der Waals surface area contributed by atoms with Crippen molar-refractivity contribution in [3.05, 3.63) is 26.7 Å². The predicted octanol–water partition coefficient (Wildman–Crippen LogP) is 0.453. The molecular formula is C10H12N4O2. The molecule has 0 aliphatic heterocycles. The molecule has 3 rings (SSSR count). The quantitative estimate of drug-likeness (QED) is 0.685. The van der Waals surface area contributed by atoms with Crippen LogP contribution in [-0.2, 0) is 0 Å². The molecule has 1 aliphatic carbocycles. The number of imidazole rings is 1. The molecule has 2 aromatic rings. The number of nitrogens with one attached hydrogen (secondary N) is 3. The first-order chi connectivity index (χ1) is 7.65. The van der Waals surface area contributed by atoms with E-state index in [1.54, 1.807) is 0 Å². The van der Waals surface area contributed by atoms with Crippen LogP contribution in [0.1, 0.15) is 31.5 Å². The Morgan fingerprint density at radius 2 is 2.00 bits per heavy atom. The van der Waals surface area contributed by atoms with Crippen molar-refractivity contribution in [3.8, 4) is 0 Å². The van der Waals surface area contributed by atoms with Crippen LogP contribution in [0.15, 0.2) is 9.59 Å². The molecule has 6 nitrogen and oxygen atoms in total. The van der Waals surface area contributed by atoms with Crippen molar-refractivity contribution in [1.82, 2.24) is 19.9 Å². The summed E-state index contributed by atoms with van der Waals surface area (Å²) in [6, 6.07) is 0. The van der Waals surface area contributed by atoms with E-state index in [2.05, 4.69) is 26.9 Å². The minimum Gasteiger partial charge on any atom is -0.336 e. The third-order valence-electron chi connectivity index (χ3n) is 3.17. The van der Waals surface area contributed by atoms with Crippen LogP contribution in [0.4, 0.5) is 0 Å². The Morgan fingerprint density at radius 3 is 2.69 bits per heavy atom. The molecule has 3 N–H and O–H groups in total. The highest BCUT2D eigenvalue weighted by molar-refractivity contribution is 5.68. The average Bonchev–Trinajstić information content (AvgIpc) is 2.97. The summed E-state index contributed by atoms with van der Waals surface area (Å²) in [6.45, 7) is 2.08. The molecule has 6 heteroatoms. The van der Waals surface area contributed by atoms with Crippen LogP contribution in [0.3, 0.4) is 0 Å². The van der Waals surface area contributed by atoms with E-state index in [1.165, 1.54) is 12.8 Å². The number of fused-ring (bicyclic) bond motifs is 1. The average molecular weight is 220 g/mol. The van der Waals surface area contributed by atoms with Gasteiger partial charge in [-0.2, -0.15) is 0 Å². The van der Waals surface area contributed by atoms with Gasteiger partial charge in [0.25, 0.3) is 5.56 Å². The maximum absolute atomic E-state index is 11.5. The van der Waals surface area contributed by atoms with E-state index >= 15 is 0 Å². The molecule has 2 aromatic heterocycles. The number of H-pyrrole nitrogens is 3. The first-order valence-electron chi connectivity index (χ1n) is 5.37. The van der Waals surface area contributed by atoms with E-state index in [0.717, 1.165) is 5.82 Å². The Balaban J connectivity index is 2.18. The Bertz CT molecular complexity index is 647. The normalized spacial score (nSPS) is 17.8. The second kappa shape index (κ2) is 3.07. The van der Waals surface area contributed by atoms with E-state index in [0.29, 0.717) is 23.0 Å². The number of hydrogen-bond acceptors (Lipinski definition) is 3. The lowest BCUT2D eigenvalue weighted by molar-refractivity contribution is 0.630. The van der Waals surface area contributed by atoms with Gasteiger partial charge < -0.3 is 4.98 Å². The fourth-order valence-electron chi connectivity index (χ4n) is 1.99. The highest BCUT2D eigenvalue weighted by atomic mass is 16.2. The monoisotopic (exact) mass is 220 g/mol. The first kappa shape index (κ1) is 9.38. The zero-order valence-corrected chi connectivity index (χ0v) is 8.83. The number of nitrogens with zero attached hydrogens (tertiary/aromatic N) is 1. The maximum atomic E-state index is 11.5. The van der Waals surface area contributed by atoms with E-state index in [9.17, 15) is 9.59 Å². The zero-order chi connectivity index (χ0) is 11.3. The van der Waals surface area contributed by atoms with Crippen molar-refractivity contribution in [2.45, 2.75) is 25.7 Å². The minimum atomic E-state index is -0.519. The summed E-state index contributed by atoms with van der Waals surface area (Å²) in [5.41, 5.74) is -0.242. The lowest BCUT2D eigenvalue weighted by atomic mass is 10.1. The summed E-state index contributed by atoms with van der Waals surface area (Å²) in [6.07, 6.45) is 2.43. The molecular weight excluding hydrogens is 208 g/mol. The van der Waals surface area contributed by atoms with Crippen molar-refractivity contribution in [1.29, 1.82) is 0 Å². The predicted molar refractivity (Wildman–Crippen MR) is 58.5 cm³/mol. The number of aromatic amines is 3. The summed E-state index contributed by atoms with van der Waals surface area (Å²) in [7, 11) is 0. The van der Waals surface area contributed by atoms with Gasteiger partial charge in [-0.3, -0.25) is 14.8 Å². The topological polar surface area (TPSA) is 94.4 Å². The largest absolute Gasteiger partial charge is 0.336 e. The SMILES string of the molecule is CC(c1nc2[nH]c(=O)[nH]c(=O)c2[nH]1)C1CC1. The highest BCUT2D eigenvalue weighted by Crippen LogP contribution is 2.41. The van der Waals surface area contributed by atoms with Crippen molar-refractivity contribution in [2.75, 3.05) is 0 Å². The Hall–Kier alpha value is -1.85. The smallest absolute Gasteiger partial charge is 0.327 e. The molecule has 0 spiro atoms. The van der Waals surface area contributed by atoms with Gasteiger partial charge in [0, 0.05) is 5.92 Å². The summed E-state index contributed by atoms with van der Waals surface area (Å²) < 4.78 is 0. The Labute approximate surface area is 90.1 Å². The molecule has 1 fully saturated rings. The van der Waals surface area contributed by atoms with Crippen molar-refractivity contribution in [2.24, 2.45) is 5.92 Å². The second-order valence-corrected chi connectivity index (χ2v) is 4.38. The molecule has 0 radical (unpaired) electrons. The van der Waals surface area contributed by atoms with Crippen LogP contribution in [0.25, 0.3) is 11.2 Å². The lowest BCUT2D eigenvalue weighted by Gasteiger charge is -2.03. The molecule has 1 unspecified atom stereocenters. The van der Waals surface area contributed by atoms with Gasteiger partial charge in [-0.1, -0.05) is 6.92 Å². The van der Waals surface area contributed by atoms with Gasteiger partial charge in [-0.05, 0) is 18.8 Å². The summed E-state index contributed by atoms with van der Waals surface area (Å²) in [5, 5.41) is 0. The number of hydrogen-bond donors (Lipinski definition) is 3. The first-order valence-corrected chi connectivity index (χ1v) is 5.37. The molecule has 84 valence electrons. The lowest BCUT2D eigenvalue weighted by Crippen LogP contribution is -2.21. The van der Waals surface area contributed by atoms with Gasteiger partial charge in [-0.25, -0.2) is 9.78 Å². The zero-order valence-electron chi connectivity index (χ0n) is 8.83.